The maximum atomic E-state index is 13.4. The molecule has 0 radical (unpaired) electrons. The van der Waals surface area contributed by atoms with Crippen LogP contribution in [0.2, 0.25) is 5.02 Å². The number of anilines is 2. The first-order valence-electron chi connectivity index (χ1n) is 6.35. The van der Waals surface area contributed by atoms with Gasteiger partial charge in [-0.25, -0.2) is 13.2 Å². The molecule has 0 aliphatic rings. The SMILES string of the molecule is O=C(CC(=O)Nc1ccc(F)cc1F)Nc1ccc(F)c(Cl)c1. The van der Waals surface area contributed by atoms with E-state index in [-0.39, 0.29) is 16.4 Å². The number of hydrogen-bond donors (Lipinski definition) is 2. The summed E-state index contributed by atoms with van der Waals surface area (Å²) in [7, 11) is 0. The molecule has 0 atom stereocenters. The van der Waals surface area contributed by atoms with E-state index in [1.54, 1.807) is 0 Å². The second kappa shape index (κ2) is 7.15. The fourth-order valence-corrected chi connectivity index (χ4v) is 1.89. The van der Waals surface area contributed by atoms with Crippen LogP contribution in [-0.2, 0) is 9.59 Å². The molecule has 0 saturated carbocycles. The van der Waals surface area contributed by atoms with E-state index in [4.69, 9.17) is 11.6 Å². The molecular weight excluding hydrogens is 333 g/mol. The molecule has 2 aromatic carbocycles. The Morgan fingerprint density at radius 3 is 2.26 bits per heavy atom. The van der Waals surface area contributed by atoms with Crippen LogP contribution in [0.4, 0.5) is 24.5 Å². The van der Waals surface area contributed by atoms with E-state index < -0.39 is 35.7 Å². The van der Waals surface area contributed by atoms with Gasteiger partial charge in [0.25, 0.3) is 0 Å². The van der Waals surface area contributed by atoms with Crippen LogP contribution < -0.4 is 10.6 Å². The predicted octanol–water partition coefficient (Wildman–Crippen LogP) is 3.72. The number of rotatable bonds is 4. The summed E-state index contributed by atoms with van der Waals surface area (Å²) in [6, 6.07) is 6.14. The smallest absolute Gasteiger partial charge is 0.233 e. The molecule has 0 spiro atoms. The molecule has 0 saturated heterocycles. The Bertz CT molecular complexity index is 768. The molecule has 2 amide bonds. The second-order valence-electron chi connectivity index (χ2n) is 4.53. The van der Waals surface area contributed by atoms with Crippen molar-refractivity contribution in [2.24, 2.45) is 0 Å². The standard InChI is InChI=1S/C15H10ClF3N2O2/c16-10-6-9(2-3-11(10)18)20-14(22)7-15(23)21-13-4-1-8(17)5-12(13)19/h1-6H,7H2,(H,20,22)(H,21,23). The monoisotopic (exact) mass is 342 g/mol. The highest BCUT2D eigenvalue weighted by Gasteiger charge is 2.13. The van der Waals surface area contributed by atoms with Gasteiger partial charge in [0.2, 0.25) is 11.8 Å². The Balaban J connectivity index is 1.94. The number of halogens is 4. The molecule has 23 heavy (non-hydrogen) atoms. The third-order valence-corrected chi connectivity index (χ3v) is 3.02. The summed E-state index contributed by atoms with van der Waals surface area (Å²) in [5.41, 5.74) is -0.0313. The summed E-state index contributed by atoms with van der Waals surface area (Å²) in [6.45, 7) is 0. The van der Waals surface area contributed by atoms with Crippen molar-refractivity contribution >= 4 is 34.8 Å². The van der Waals surface area contributed by atoms with Crippen LogP contribution in [0.3, 0.4) is 0 Å². The van der Waals surface area contributed by atoms with Crippen molar-refractivity contribution < 1.29 is 22.8 Å². The quantitative estimate of drug-likeness (QED) is 0.832. The van der Waals surface area contributed by atoms with E-state index in [0.717, 1.165) is 18.2 Å². The van der Waals surface area contributed by atoms with Crippen LogP contribution in [0.5, 0.6) is 0 Å². The lowest BCUT2D eigenvalue weighted by Crippen LogP contribution is -2.21. The molecule has 2 N–H and O–H groups in total. The molecule has 0 aliphatic carbocycles. The van der Waals surface area contributed by atoms with Crippen LogP contribution in [0.1, 0.15) is 6.42 Å². The molecule has 120 valence electrons. The zero-order valence-corrected chi connectivity index (χ0v) is 12.3. The molecule has 0 heterocycles. The molecule has 0 fully saturated rings. The molecule has 0 unspecified atom stereocenters. The summed E-state index contributed by atoms with van der Waals surface area (Å²) in [5, 5.41) is 4.31. The van der Waals surface area contributed by atoms with Gasteiger partial charge in [0.15, 0.2) is 0 Å². The molecule has 2 aromatic rings. The molecular formula is C15H10ClF3N2O2. The van der Waals surface area contributed by atoms with Gasteiger partial charge in [-0.2, -0.15) is 0 Å². The third kappa shape index (κ3) is 4.72. The highest BCUT2D eigenvalue weighted by molar-refractivity contribution is 6.31. The van der Waals surface area contributed by atoms with Gasteiger partial charge in [-0.05, 0) is 30.3 Å². The second-order valence-corrected chi connectivity index (χ2v) is 4.93. The van der Waals surface area contributed by atoms with E-state index in [9.17, 15) is 22.8 Å². The number of benzene rings is 2. The first-order valence-corrected chi connectivity index (χ1v) is 6.73. The summed E-state index contributed by atoms with van der Waals surface area (Å²) < 4.78 is 39.1. The van der Waals surface area contributed by atoms with Crippen molar-refractivity contribution in [1.82, 2.24) is 0 Å². The van der Waals surface area contributed by atoms with Crippen molar-refractivity contribution in [2.45, 2.75) is 6.42 Å². The van der Waals surface area contributed by atoms with Gasteiger partial charge >= 0.3 is 0 Å². The molecule has 0 aromatic heterocycles. The Labute approximate surface area is 134 Å². The molecule has 8 heteroatoms. The van der Waals surface area contributed by atoms with Crippen LogP contribution in [0.25, 0.3) is 0 Å². The summed E-state index contributed by atoms with van der Waals surface area (Å²) in [5.74, 6) is -3.88. The van der Waals surface area contributed by atoms with Crippen molar-refractivity contribution in [3.8, 4) is 0 Å². The number of carbonyl (C=O) groups excluding carboxylic acids is 2. The zero-order chi connectivity index (χ0) is 17.0. The zero-order valence-electron chi connectivity index (χ0n) is 11.5. The Morgan fingerprint density at radius 2 is 1.61 bits per heavy atom. The number of hydrogen-bond acceptors (Lipinski definition) is 2. The van der Waals surface area contributed by atoms with Crippen molar-refractivity contribution in [3.05, 3.63) is 58.9 Å². The van der Waals surface area contributed by atoms with E-state index in [2.05, 4.69) is 10.6 Å². The van der Waals surface area contributed by atoms with Crippen LogP contribution >= 0.6 is 11.6 Å². The van der Waals surface area contributed by atoms with Gasteiger partial charge in [-0.15, -0.1) is 0 Å². The van der Waals surface area contributed by atoms with Gasteiger partial charge in [0, 0.05) is 11.8 Å². The van der Waals surface area contributed by atoms with Crippen molar-refractivity contribution in [2.75, 3.05) is 10.6 Å². The summed E-state index contributed by atoms with van der Waals surface area (Å²) in [4.78, 5) is 23.3. The lowest BCUT2D eigenvalue weighted by molar-refractivity contribution is -0.123. The van der Waals surface area contributed by atoms with Gasteiger partial charge in [0.1, 0.15) is 23.9 Å². The first kappa shape index (κ1) is 16.8. The van der Waals surface area contributed by atoms with Crippen LogP contribution in [-0.4, -0.2) is 11.8 Å². The van der Waals surface area contributed by atoms with Crippen LogP contribution in [0.15, 0.2) is 36.4 Å². The first-order chi connectivity index (χ1) is 10.8. The summed E-state index contributed by atoms with van der Waals surface area (Å²) in [6.07, 6.45) is -0.605. The average Bonchev–Trinajstić information content (AvgIpc) is 2.46. The molecule has 4 nitrogen and oxygen atoms in total. The van der Waals surface area contributed by atoms with E-state index in [1.807, 2.05) is 0 Å². The molecule has 0 bridgehead atoms. The van der Waals surface area contributed by atoms with Crippen LogP contribution in [0, 0.1) is 17.5 Å². The molecule has 2 rings (SSSR count). The third-order valence-electron chi connectivity index (χ3n) is 2.73. The normalized spacial score (nSPS) is 10.3. The highest BCUT2D eigenvalue weighted by atomic mass is 35.5. The predicted molar refractivity (Wildman–Crippen MR) is 79.6 cm³/mol. The Hall–Kier alpha value is -2.54. The lowest BCUT2D eigenvalue weighted by atomic mass is 10.2. The highest BCUT2D eigenvalue weighted by Crippen LogP contribution is 2.19. The maximum absolute atomic E-state index is 13.4. The van der Waals surface area contributed by atoms with E-state index >= 15 is 0 Å². The minimum absolute atomic E-state index is 0.180. The number of carbonyl (C=O) groups is 2. The topological polar surface area (TPSA) is 58.2 Å². The van der Waals surface area contributed by atoms with E-state index in [0.29, 0.717) is 6.07 Å². The van der Waals surface area contributed by atoms with Gasteiger partial charge in [-0.3, -0.25) is 9.59 Å². The maximum Gasteiger partial charge on any atom is 0.233 e. The number of amides is 2. The van der Waals surface area contributed by atoms with E-state index in [1.165, 1.54) is 12.1 Å². The minimum atomic E-state index is -0.955. The Kier molecular flexibility index (Phi) is 5.23. The Morgan fingerprint density at radius 1 is 0.913 bits per heavy atom. The van der Waals surface area contributed by atoms with Gasteiger partial charge < -0.3 is 10.6 Å². The fourth-order valence-electron chi connectivity index (χ4n) is 1.71. The average molecular weight is 343 g/mol. The van der Waals surface area contributed by atoms with Gasteiger partial charge in [0.05, 0.1) is 10.7 Å². The lowest BCUT2D eigenvalue weighted by Gasteiger charge is -2.08. The summed E-state index contributed by atoms with van der Waals surface area (Å²) >= 11 is 5.56. The van der Waals surface area contributed by atoms with Crippen molar-refractivity contribution in [3.63, 3.8) is 0 Å². The van der Waals surface area contributed by atoms with Crippen molar-refractivity contribution in [1.29, 1.82) is 0 Å². The molecule has 0 aliphatic heterocycles. The van der Waals surface area contributed by atoms with Gasteiger partial charge in [-0.1, -0.05) is 11.6 Å². The number of nitrogens with one attached hydrogen (secondary N) is 2. The fraction of sp³-hybridized carbons (Fsp3) is 0.0667. The minimum Gasteiger partial charge on any atom is -0.326 e. The largest absolute Gasteiger partial charge is 0.326 e.